The molecule has 4 nitrogen and oxygen atoms in total. The Labute approximate surface area is 122 Å². The number of hydrogen-bond acceptors (Lipinski definition) is 4. The molecule has 1 aliphatic heterocycles. The van der Waals surface area contributed by atoms with Crippen LogP contribution in [-0.2, 0) is 17.8 Å². The number of nitrogens with one attached hydrogen (secondary N) is 1. The fourth-order valence-corrected chi connectivity index (χ4v) is 2.87. The van der Waals surface area contributed by atoms with Gasteiger partial charge in [0.15, 0.2) is 0 Å². The number of methoxy groups -OCH3 is 1. The van der Waals surface area contributed by atoms with Crippen LogP contribution in [0.1, 0.15) is 36.8 Å². The first-order chi connectivity index (χ1) is 9.72. The average molecular weight is 280 g/mol. The van der Waals surface area contributed by atoms with Crippen LogP contribution in [0.3, 0.4) is 0 Å². The first kappa shape index (κ1) is 15.5. The molecule has 0 aliphatic carbocycles. The third-order valence-electron chi connectivity index (χ3n) is 4.12. The van der Waals surface area contributed by atoms with Gasteiger partial charge in [-0.05, 0) is 51.4 Å². The van der Waals surface area contributed by atoms with Crippen LogP contribution >= 0.6 is 0 Å². The van der Waals surface area contributed by atoms with E-state index in [1.165, 1.54) is 31.5 Å². The SMILES string of the molecule is CCNCc1cc(CN2CCC(COC)CC2)c(C)o1. The molecule has 1 fully saturated rings. The van der Waals surface area contributed by atoms with Gasteiger partial charge >= 0.3 is 0 Å². The number of nitrogens with zero attached hydrogens (tertiary/aromatic N) is 1. The van der Waals surface area contributed by atoms with Crippen LogP contribution in [0.15, 0.2) is 10.5 Å². The molecule has 0 bridgehead atoms. The summed E-state index contributed by atoms with van der Waals surface area (Å²) in [6, 6.07) is 2.21. The highest BCUT2D eigenvalue weighted by Crippen LogP contribution is 2.22. The maximum Gasteiger partial charge on any atom is 0.118 e. The summed E-state index contributed by atoms with van der Waals surface area (Å²) in [6.07, 6.45) is 2.49. The number of aryl methyl sites for hydroxylation is 1. The van der Waals surface area contributed by atoms with Gasteiger partial charge in [0.05, 0.1) is 6.54 Å². The van der Waals surface area contributed by atoms with Gasteiger partial charge in [0.2, 0.25) is 0 Å². The molecule has 1 saturated heterocycles. The smallest absolute Gasteiger partial charge is 0.118 e. The second kappa shape index (κ2) is 7.81. The van der Waals surface area contributed by atoms with Gasteiger partial charge in [0.1, 0.15) is 11.5 Å². The number of likely N-dealkylation sites (tertiary alicyclic amines) is 1. The van der Waals surface area contributed by atoms with Crippen LogP contribution in [0.2, 0.25) is 0 Å². The molecule has 2 heterocycles. The van der Waals surface area contributed by atoms with Crippen molar-refractivity contribution < 1.29 is 9.15 Å². The quantitative estimate of drug-likeness (QED) is 0.833. The zero-order valence-electron chi connectivity index (χ0n) is 13.1. The summed E-state index contributed by atoms with van der Waals surface area (Å²) in [6.45, 7) is 10.2. The van der Waals surface area contributed by atoms with Crippen molar-refractivity contribution in [1.29, 1.82) is 0 Å². The zero-order valence-corrected chi connectivity index (χ0v) is 13.1. The van der Waals surface area contributed by atoms with Crippen molar-refractivity contribution in [2.75, 3.05) is 33.4 Å². The van der Waals surface area contributed by atoms with Crippen molar-refractivity contribution in [3.63, 3.8) is 0 Å². The van der Waals surface area contributed by atoms with E-state index in [4.69, 9.17) is 9.15 Å². The third-order valence-corrected chi connectivity index (χ3v) is 4.12. The van der Waals surface area contributed by atoms with E-state index in [1.54, 1.807) is 7.11 Å². The van der Waals surface area contributed by atoms with Crippen molar-refractivity contribution in [2.45, 2.75) is 39.8 Å². The Kier molecular flexibility index (Phi) is 6.07. The molecule has 1 aromatic heterocycles. The lowest BCUT2D eigenvalue weighted by Crippen LogP contribution is -2.34. The minimum Gasteiger partial charge on any atom is -0.465 e. The molecule has 0 spiro atoms. The molecular formula is C16H28N2O2. The summed E-state index contributed by atoms with van der Waals surface area (Å²) in [4.78, 5) is 2.53. The number of hydrogen-bond donors (Lipinski definition) is 1. The molecule has 1 aliphatic rings. The van der Waals surface area contributed by atoms with Crippen molar-refractivity contribution in [3.8, 4) is 0 Å². The Morgan fingerprint density at radius 3 is 2.80 bits per heavy atom. The van der Waals surface area contributed by atoms with Crippen molar-refractivity contribution >= 4 is 0 Å². The van der Waals surface area contributed by atoms with Gasteiger partial charge in [-0.2, -0.15) is 0 Å². The van der Waals surface area contributed by atoms with Crippen LogP contribution < -0.4 is 5.32 Å². The highest BCUT2D eigenvalue weighted by molar-refractivity contribution is 5.20. The molecule has 0 aromatic carbocycles. The Balaban J connectivity index is 1.83. The molecule has 0 amide bonds. The topological polar surface area (TPSA) is 37.6 Å². The maximum atomic E-state index is 5.81. The molecule has 0 saturated carbocycles. The zero-order chi connectivity index (χ0) is 14.4. The molecule has 0 radical (unpaired) electrons. The third kappa shape index (κ3) is 4.33. The van der Waals surface area contributed by atoms with Crippen molar-refractivity contribution in [1.82, 2.24) is 10.2 Å². The maximum absolute atomic E-state index is 5.81. The molecular weight excluding hydrogens is 252 g/mol. The molecule has 114 valence electrons. The number of piperidine rings is 1. The van der Waals surface area contributed by atoms with E-state index in [2.05, 4.69) is 30.1 Å². The summed E-state index contributed by atoms with van der Waals surface area (Å²) in [5, 5.41) is 3.31. The first-order valence-electron chi connectivity index (χ1n) is 7.73. The molecule has 0 atom stereocenters. The number of rotatable bonds is 7. The van der Waals surface area contributed by atoms with Gasteiger partial charge in [-0.3, -0.25) is 4.90 Å². The van der Waals surface area contributed by atoms with E-state index in [-0.39, 0.29) is 0 Å². The van der Waals surface area contributed by atoms with Gasteiger partial charge < -0.3 is 14.5 Å². The largest absolute Gasteiger partial charge is 0.465 e. The van der Waals surface area contributed by atoms with Gasteiger partial charge in [-0.15, -0.1) is 0 Å². The van der Waals surface area contributed by atoms with Gasteiger partial charge in [0, 0.05) is 25.8 Å². The summed E-state index contributed by atoms with van der Waals surface area (Å²) < 4.78 is 11.1. The lowest BCUT2D eigenvalue weighted by Gasteiger charge is -2.31. The van der Waals surface area contributed by atoms with E-state index in [9.17, 15) is 0 Å². The monoisotopic (exact) mass is 280 g/mol. The second-order valence-electron chi connectivity index (χ2n) is 5.75. The van der Waals surface area contributed by atoms with E-state index in [1.807, 2.05) is 0 Å². The van der Waals surface area contributed by atoms with Gasteiger partial charge in [0.25, 0.3) is 0 Å². The molecule has 1 aromatic rings. The molecule has 0 unspecified atom stereocenters. The van der Waals surface area contributed by atoms with Crippen LogP contribution in [0.25, 0.3) is 0 Å². The Bertz CT molecular complexity index is 395. The van der Waals surface area contributed by atoms with Crippen molar-refractivity contribution in [2.24, 2.45) is 5.92 Å². The van der Waals surface area contributed by atoms with Crippen LogP contribution in [0, 0.1) is 12.8 Å². The molecule has 2 rings (SSSR count). The van der Waals surface area contributed by atoms with Crippen LogP contribution in [0.5, 0.6) is 0 Å². The summed E-state index contributed by atoms with van der Waals surface area (Å²) in [5.41, 5.74) is 1.34. The van der Waals surface area contributed by atoms with Gasteiger partial charge in [-0.1, -0.05) is 6.92 Å². The summed E-state index contributed by atoms with van der Waals surface area (Å²) in [7, 11) is 1.80. The van der Waals surface area contributed by atoms with E-state index in [0.29, 0.717) is 0 Å². The van der Waals surface area contributed by atoms with E-state index >= 15 is 0 Å². The van der Waals surface area contributed by atoms with E-state index in [0.717, 1.165) is 43.7 Å². The normalized spacial score (nSPS) is 17.8. The lowest BCUT2D eigenvalue weighted by atomic mass is 9.97. The Morgan fingerprint density at radius 2 is 2.15 bits per heavy atom. The Hall–Kier alpha value is -0.840. The summed E-state index contributed by atoms with van der Waals surface area (Å²) in [5.74, 6) is 2.86. The minimum absolute atomic E-state index is 0.742. The first-order valence-corrected chi connectivity index (χ1v) is 7.73. The Morgan fingerprint density at radius 1 is 1.40 bits per heavy atom. The van der Waals surface area contributed by atoms with Gasteiger partial charge in [-0.25, -0.2) is 0 Å². The fourth-order valence-electron chi connectivity index (χ4n) is 2.87. The highest BCUT2D eigenvalue weighted by atomic mass is 16.5. The fraction of sp³-hybridized carbons (Fsp3) is 0.750. The molecule has 4 heteroatoms. The average Bonchev–Trinajstić information content (AvgIpc) is 2.79. The highest BCUT2D eigenvalue weighted by Gasteiger charge is 2.20. The second-order valence-corrected chi connectivity index (χ2v) is 5.75. The lowest BCUT2D eigenvalue weighted by molar-refractivity contribution is 0.0966. The molecule has 1 N–H and O–H groups in total. The van der Waals surface area contributed by atoms with Crippen LogP contribution in [0.4, 0.5) is 0 Å². The predicted octanol–water partition coefficient (Wildman–Crippen LogP) is 2.56. The summed E-state index contributed by atoms with van der Waals surface area (Å²) >= 11 is 0. The standard InChI is InChI=1S/C16H28N2O2/c1-4-17-10-16-9-15(13(2)20-16)11-18-7-5-14(6-8-18)12-19-3/h9,14,17H,4-8,10-12H2,1-3H3. The number of furan rings is 1. The predicted molar refractivity (Wildman–Crippen MR) is 80.7 cm³/mol. The van der Waals surface area contributed by atoms with Crippen LogP contribution in [-0.4, -0.2) is 38.3 Å². The minimum atomic E-state index is 0.742. The molecule has 20 heavy (non-hydrogen) atoms. The van der Waals surface area contributed by atoms with E-state index < -0.39 is 0 Å². The number of ether oxygens (including phenoxy) is 1. The van der Waals surface area contributed by atoms with Crippen molar-refractivity contribution in [3.05, 3.63) is 23.2 Å².